The monoisotopic (exact) mass is 460 g/mol. The maximum Gasteiger partial charge on any atom is 0.227 e. The summed E-state index contributed by atoms with van der Waals surface area (Å²) in [7, 11) is 0. The van der Waals surface area contributed by atoms with Crippen LogP contribution in [0.3, 0.4) is 0 Å². The SMILES string of the molecule is Oc1c(Cl)cc(Br)cc1C=Nc1cccc(-c2nc3cc(Cl)ccc3o2)c1. The van der Waals surface area contributed by atoms with Crippen molar-refractivity contribution in [3.8, 4) is 17.2 Å². The minimum absolute atomic E-state index is 0.0180. The minimum atomic E-state index is -0.0180. The highest BCUT2D eigenvalue weighted by atomic mass is 79.9. The summed E-state index contributed by atoms with van der Waals surface area (Å²) < 4.78 is 6.55. The summed E-state index contributed by atoms with van der Waals surface area (Å²) in [6.45, 7) is 0. The first-order valence-corrected chi connectivity index (χ1v) is 9.43. The van der Waals surface area contributed by atoms with E-state index in [0.29, 0.717) is 33.3 Å². The van der Waals surface area contributed by atoms with Gasteiger partial charge in [0.15, 0.2) is 5.58 Å². The van der Waals surface area contributed by atoms with Crippen molar-refractivity contribution >= 4 is 62.1 Å². The van der Waals surface area contributed by atoms with Gasteiger partial charge in [-0.1, -0.05) is 45.2 Å². The van der Waals surface area contributed by atoms with Crippen LogP contribution in [-0.2, 0) is 0 Å². The van der Waals surface area contributed by atoms with E-state index in [0.717, 1.165) is 10.0 Å². The fraction of sp³-hybridized carbons (Fsp3) is 0. The van der Waals surface area contributed by atoms with E-state index in [-0.39, 0.29) is 10.8 Å². The van der Waals surface area contributed by atoms with Gasteiger partial charge in [-0.25, -0.2) is 4.98 Å². The molecule has 0 aliphatic heterocycles. The number of halogens is 3. The predicted molar refractivity (Wildman–Crippen MR) is 113 cm³/mol. The molecule has 1 N–H and O–H groups in total. The van der Waals surface area contributed by atoms with Crippen molar-refractivity contribution in [1.82, 2.24) is 4.98 Å². The van der Waals surface area contributed by atoms with E-state index < -0.39 is 0 Å². The topological polar surface area (TPSA) is 58.6 Å². The second kappa shape index (κ2) is 7.35. The van der Waals surface area contributed by atoms with Crippen molar-refractivity contribution in [1.29, 1.82) is 0 Å². The third kappa shape index (κ3) is 3.86. The highest BCUT2D eigenvalue weighted by molar-refractivity contribution is 9.10. The molecule has 0 aliphatic carbocycles. The lowest BCUT2D eigenvalue weighted by molar-refractivity contribution is 0.474. The Kier molecular flexibility index (Phi) is 4.91. The Bertz CT molecular complexity index is 1190. The molecule has 0 atom stereocenters. The lowest BCUT2D eigenvalue weighted by Crippen LogP contribution is -1.84. The first-order chi connectivity index (χ1) is 13.0. The van der Waals surface area contributed by atoms with E-state index >= 15 is 0 Å². The molecule has 27 heavy (non-hydrogen) atoms. The molecule has 0 spiro atoms. The molecule has 4 nitrogen and oxygen atoms in total. The second-order valence-corrected chi connectivity index (χ2v) is 7.52. The first kappa shape index (κ1) is 18.0. The van der Waals surface area contributed by atoms with E-state index in [9.17, 15) is 5.11 Å². The lowest BCUT2D eigenvalue weighted by atomic mass is 10.2. The summed E-state index contributed by atoms with van der Waals surface area (Å²) in [5.74, 6) is 0.466. The van der Waals surface area contributed by atoms with Crippen molar-refractivity contribution in [2.75, 3.05) is 0 Å². The van der Waals surface area contributed by atoms with Crippen molar-refractivity contribution < 1.29 is 9.52 Å². The molecule has 0 fully saturated rings. The molecule has 3 aromatic carbocycles. The third-order valence-electron chi connectivity index (χ3n) is 3.85. The van der Waals surface area contributed by atoms with Crippen LogP contribution in [0.15, 0.2) is 68.5 Å². The number of rotatable bonds is 3. The van der Waals surface area contributed by atoms with Gasteiger partial charge >= 0.3 is 0 Å². The number of phenolic OH excluding ortho intramolecular Hbond substituents is 1. The summed E-state index contributed by atoms with van der Waals surface area (Å²) in [4.78, 5) is 8.89. The van der Waals surface area contributed by atoms with Gasteiger partial charge in [-0.15, -0.1) is 0 Å². The number of hydrogen-bond donors (Lipinski definition) is 1. The molecule has 134 valence electrons. The molecule has 0 saturated carbocycles. The average molecular weight is 462 g/mol. The molecular weight excluding hydrogens is 451 g/mol. The first-order valence-electron chi connectivity index (χ1n) is 7.88. The molecular formula is C20H11BrCl2N2O2. The van der Waals surface area contributed by atoms with Crippen molar-refractivity contribution in [2.45, 2.75) is 0 Å². The molecule has 4 aromatic rings. The van der Waals surface area contributed by atoms with E-state index in [4.69, 9.17) is 27.6 Å². The number of aromatic nitrogens is 1. The molecule has 0 amide bonds. The van der Waals surface area contributed by atoms with Crippen LogP contribution >= 0.6 is 39.1 Å². The summed E-state index contributed by atoms with van der Waals surface area (Å²) in [6.07, 6.45) is 1.55. The largest absolute Gasteiger partial charge is 0.506 e. The molecule has 0 saturated heterocycles. The summed E-state index contributed by atoms with van der Waals surface area (Å²) in [6, 6.07) is 16.1. The standard InChI is InChI=1S/C20H11BrCl2N2O2/c21-13-6-12(19(26)16(23)8-13)10-24-15-3-1-2-11(7-15)20-25-17-9-14(22)4-5-18(17)27-20/h1-10,26H. The van der Waals surface area contributed by atoms with Gasteiger partial charge in [0.05, 0.1) is 10.7 Å². The zero-order valence-electron chi connectivity index (χ0n) is 13.7. The van der Waals surface area contributed by atoms with Gasteiger partial charge in [-0.05, 0) is 48.5 Å². The fourth-order valence-electron chi connectivity index (χ4n) is 2.57. The fourth-order valence-corrected chi connectivity index (χ4v) is 3.57. The number of aliphatic imine (C=N–C) groups is 1. The van der Waals surface area contributed by atoms with Crippen LogP contribution in [0.1, 0.15) is 5.56 Å². The number of oxazole rings is 1. The predicted octanol–water partition coefficient (Wildman–Crippen LogP) is 7.02. The van der Waals surface area contributed by atoms with Gasteiger partial charge in [-0.2, -0.15) is 0 Å². The number of aromatic hydroxyl groups is 1. The van der Waals surface area contributed by atoms with Gasteiger partial charge in [0.2, 0.25) is 5.89 Å². The second-order valence-electron chi connectivity index (χ2n) is 5.77. The van der Waals surface area contributed by atoms with Crippen LogP contribution in [0.25, 0.3) is 22.6 Å². The van der Waals surface area contributed by atoms with Gasteiger partial charge in [0, 0.05) is 26.8 Å². The van der Waals surface area contributed by atoms with Crippen LogP contribution < -0.4 is 0 Å². The van der Waals surface area contributed by atoms with Crippen molar-refractivity contribution in [3.63, 3.8) is 0 Å². The molecule has 1 heterocycles. The molecule has 0 aliphatic rings. The van der Waals surface area contributed by atoms with Gasteiger partial charge in [0.25, 0.3) is 0 Å². The van der Waals surface area contributed by atoms with E-state index in [1.54, 1.807) is 36.5 Å². The summed E-state index contributed by atoms with van der Waals surface area (Å²) in [5.41, 5.74) is 3.34. The van der Waals surface area contributed by atoms with E-state index in [1.807, 2.05) is 24.3 Å². The molecule has 1 aromatic heterocycles. The maximum absolute atomic E-state index is 10.1. The average Bonchev–Trinajstić information content (AvgIpc) is 3.07. The van der Waals surface area contributed by atoms with Gasteiger partial charge in [0.1, 0.15) is 11.3 Å². The van der Waals surface area contributed by atoms with E-state index in [1.165, 1.54) is 0 Å². The molecule has 4 rings (SSSR count). The molecule has 0 unspecified atom stereocenters. The quantitative estimate of drug-likeness (QED) is 0.333. The number of fused-ring (bicyclic) bond motifs is 1. The van der Waals surface area contributed by atoms with E-state index in [2.05, 4.69) is 25.9 Å². The minimum Gasteiger partial charge on any atom is -0.506 e. The molecule has 7 heteroatoms. The Morgan fingerprint density at radius 1 is 1.07 bits per heavy atom. The molecule has 0 bridgehead atoms. The zero-order valence-corrected chi connectivity index (χ0v) is 16.8. The zero-order chi connectivity index (χ0) is 19.0. The number of hydrogen-bond acceptors (Lipinski definition) is 4. The number of phenols is 1. The van der Waals surface area contributed by atoms with Crippen molar-refractivity contribution in [2.24, 2.45) is 4.99 Å². The normalized spacial score (nSPS) is 11.5. The Labute approximate surface area is 173 Å². The van der Waals surface area contributed by atoms with Crippen LogP contribution in [0, 0.1) is 0 Å². The Hall–Kier alpha value is -2.34. The highest BCUT2D eigenvalue weighted by Gasteiger charge is 2.09. The number of benzene rings is 3. The Morgan fingerprint density at radius 2 is 1.93 bits per heavy atom. The maximum atomic E-state index is 10.1. The van der Waals surface area contributed by atoms with Gasteiger partial charge in [-0.3, -0.25) is 4.99 Å². The highest BCUT2D eigenvalue weighted by Crippen LogP contribution is 2.31. The third-order valence-corrected chi connectivity index (χ3v) is 4.83. The van der Waals surface area contributed by atoms with Crippen LogP contribution in [0.4, 0.5) is 5.69 Å². The summed E-state index contributed by atoms with van der Waals surface area (Å²) >= 11 is 15.3. The Balaban J connectivity index is 1.68. The van der Waals surface area contributed by atoms with Crippen molar-refractivity contribution in [3.05, 3.63) is 74.7 Å². The Morgan fingerprint density at radius 3 is 2.78 bits per heavy atom. The van der Waals surface area contributed by atoms with Crippen LogP contribution in [0.2, 0.25) is 10.0 Å². The van der Waals surface area contributed by atoms with Crippen LogP contribution in [0.5, 0.6) is 5.75 Å². The lowest BCUT2D eigenvalue weighted by Gasteiger charge is -2.03. The van der Waals surface area contributed by atoms with Crippen LogP contribution in [-0.4, -0.2) is 16.3 Å². The molecule has 0 radical (unpaired) electrons. The summed E-state index contributed by atoms with van der Waals surface area (Å²) in [5, 5.41) is 10.9. The smallest absolute Gasteiger partial charge is 0.227 e. The number of nitrogens with zero attached hydrogens (tertiary/aromatic N) is 2. The van der Waals surface area contributed by atoms with Gasteiger partial charge < -0.3 is 9.52 Å².